The van der Waals surface area contributed by atoms with Gasteiger partial charge in [-0.05, 0) is 19.1 Å². The van der Waals surface area contributed by atoms with Gasteiger partial charge < -0.3 is 43.2 Å². The van der Waals surface area contributed by atoms with Crippen LogP contribution in [0.25, 0.3) is 11.0 Å². The van der Waals surface area contributed by atoms with Gasteiger partial charge in [-0.3, -0.25) is 22.8 Å². The topological polar surface area (TPSA) is 242 Å². The second-order valence-corrected chi connectivity index (χ2v) is 10.6. The minimum atomic E-state index is -5.94. The van der Waals surface area contributed by atoms with Gasteiger partial charge in [-0.15, -0.1) is 0 Å². The van der Waals surface area contributed by atoms with Crippen molar-refractivity contribution in [1.82, 2.24) is 14.3 Å². The number of rotatable bonds is 8. The average molecular weight is 615 g/mol. The number of hydrogen-bond acceptors (Lipinski definition) is 14. The van der Waals surface area contributed by atoms with E-state index in [2.05, 4.69) is 14.0 Å². The monoisotopic (exact) mass is 615 g/mol. The molecule has 1 fully saturated rings. The molecule has 0 amide bonds. The van der Waals surface area contributed by atoms with Gasteiger partial charge in [0.2, 0.25) is 0 Å². The Kier molecular flexibility index (Phi) is 14.2. The number of phosphoric ester groups is 1. The molecule has 21 heteroatoms. The number of fused-ring (bicyclic) bond motifs is 1. The molecule has 3 aromatic rings. The maximum Gasteiger partial charge on any atom is 1.00 e. The fraction of sp³-hybridized carbons (Fsp3) is 0.389. The fourth-order valence-corrected chi connectivity index (χ4v) is 5.14. The molecule has 0 bridgehead atoms. The SMILES string of the molecule is Cc1ccc2onc(Cn3c(=O)ccn([C@@H]4O[C@H](COP(=O)([O-])OP(=O)([O-])[O-])C(O)[C@@H]4O)c3=O)c2c1.[Na+].[Na+].[Na+]. The van der Waals surface area contributed by atoms with E-state index in [4.69, 9.17) is 9.26 Å². The second kappa shape index (κ2) is 14.8. The van der Waals surface area contributed by atoms with E-state index < -0.39 is 58.0 Å². The molecule has 3 heterocycles. The van der Waals surface area contributed by atoms with Crippen molar-refractivity contribution >= 4 is 26.6 Å². The second-order valence-electron chi connectivity index (χ2n) is 7.88. The van der Waals surface area contributed by atoms with Crippen LogP contribution >= 0.6 is 15.6 Å². The van der Waals surface area contributed by atoms with Gasteiger partial charge in [0, 0.05) is 17.6 Å². The molecule has 39 heavy (non-hydrogen) atoms. The third kappa shape index (κ3) is 9.00. The Bertz CT molecular complexity index is 1510. The molecule has 0 spiro atoms. The maximum atomic E-state index is 13.1. The van der Waals surface area contributed by atoms with E-state index in [1.54, 1.807) is 18.2 Å². The molecular weight excluding hydrogens is 597 g/mol. The number of aryl methyl sites for hydroxylation is 1. The Morgan fingerprint density at radius 2 is 1.74 bits per heavy atom. The average Bonchev–Trinajstić information content (AvgIpc) is 3.29. The Morgan fingerprint density at radius 3 is 2.38 bits per heavy atom. The molecule has 2 unspecified atom stereocenters. The van der Waals surface area contributed by atoms with Gasteiger partial charge in [-0.25, -0.2) is 4.79 Å². The Morgan fingerprint density at radius 1 is 1.08 bits per heavy atom. The zero-order chi connectivity index (χ0) is 26.4. The summed E-state index contributed by atoms with van der Waals surface area (Å²) in [5, 5.41) is 25.1. The van der Waals surface area contributed by atoms with Gasteiger partial charge in [0.05, 0.1) is 21.0 Å². The van der Waals surface area contributed by atoms with Crippen molar-refractivity contribution in [2.75, 3.05) is 6.61 Å². The van der Waals surface area contributed by atoms with Gasteiger partial charge in [-0.2, -0.15) is 0 Å². The summed E-state index contributed by atoms with van der Waals surface area (Å²) in [6.45, 7) is 0.474. The molecule has 2 aromatic heterocycles. The third-order valence-corrected chi connectivity index (χ3v) is 7.38. The molecule has 2 N–H and O–H groups in total. The molecule has 16 nitrogen and oxygen atoms in total. The van der Waals surface area contributed by atoms with Crippen molar-refractivity contribution in [3.05, 3.63) is 62.6 Å². The molecule has 1 saturated heterocycles. The molecule has 4 rings (SSSR count). The summed E-state index contributed by atoms with van der Waals surface area (Å²) in [7, 11) is -11.6. The van der Waals surface area contributed by atoms with Crippen LogP contribution in [0, 0.1) is 6.92 Å². The van der Waals surface area contributed by atoms with Crippen molar-refractivity contribution in [1.29, 1.82) is 0 Å². The standard InChI is InChI=1S/C18H21N3O13P2.3Na/c1-9-2-3-12-10(6-9)11(19-33-12)7-21-14(22)4-5-20(18(21)25)17-16(24)15(23)13(32-17)8-31-36(29,30)34-35(26,27)28;;;/h2-6,13,15-17,23-24H,7-8H2,1H3,(H,29,30)(H2,26,27,28);;;/q;3*+1/p-3/t13-,15?,16+,17-;;;/m1.../s1. The minimum absolute atomic E-state index is 0. The summed E-state index contributed by atoms with van der Waals surface area (Å²) in [6, 6.07) is 6.23. The molecule has 0 saturated carbocycles. The third-order valence-electron chi connectivity index (χ3n) is 5.31. The first-order valence-corrected chi connectivity index (χ1v) is 13.1. The number of aromatic nitrogens is 3. The summed E-state index contributed by atoms with van der Waals surface area (Å²) in [5.74, 6) is 0. The molecule has 196 valence electrons. The van der Waals surface area contributed by atoms with Crippen LogP contribution in [-0.2, 0) is 29.2 Å². The summed E-state index contributed by atoms with van der Waals surface area (Å²) in [5.41, 5.74) is -0.0658. The zero-order valence-electron chi connectivity index (χ0n) is 21.2. The van der Waals surface area contributed by atoms with E-state index in [1.165, 1.54) is 0 Å². The van der Waals surface area contributed by atoms with Gasteiger partial charge in [0.1, 0.15) is 24.0 Å². The van der Waals surface area contributed by atoms with Gasteiger partial charge >= 0.3 is 94.4 Å². The summed E-state index contributed by atoms with van der Waals surface area (Å²) >= 11 is 0. The summed E-state index contributed by atoms with van der Waals surface area (Å²) in [6.07, 6.45) is -5.79. The number of hydrogen-bond donors (Lipinski definition) is 2. The number of ether oxygens (including phenoxy) is 1. The van der Waals surface area contributed by atoms with Crippen LogP contribution in [0.4, 0.5) is 0 Å². The number of aliphatic hydroxyl groups excluding tert-OH is 2. The van der Waals surface area contributed by atoms with Crippen LogP contribution in [-0.4, -0.2) is 49.4 Å². The van der Waals surface area contributed by atoms with Crippen molar-refractivity contribution < 1.29 is 141 Å². The summed E-state index contributed by atoms with van der Waals surface area (Å²) < 4.78 is 41.6. The molecule has 5 atom stereocenters. The first-order valence-electron chi connectivity index (χ1n) is 10.1. The van der Waals surface area contributed by atoms with E-state index in [0.717, 1.165) is 27.0 Å². The van der Waals surface area contributed by atoms with Crippen molar-refractivity contribution in [2.24, 2.45) is 0 Å². The molecule has 0 radical (unpaired) electrons. The van der Waals surface area contributed by atoms with E-state index in [1.807, 2.05) is 6.92 Å². The maximum absolute atomic E-state index is 13.1. The normalized spacial score (nSPS) is 22.4. The Balaban J connectivity index is 0.00000253. The Labute approximate surface area is 286 Å². The fourth-order valence-electron chi connectivity index (χ4n) is 3.64. The number of benzene rings is 1. The van der Waals surface area contributed by atoms with Crippen molar-refractivity contribution in [3.8, 4) is 0 Å². The van der Waals surface area contributed by atoms with E-state index >= 15 is 0 Å². The molecular formula is C18H18N3Na3O13P2. The van der Waals surface area contributed by atoms with Crippen LogP contribution in [0.3, 0.4) is 0 Å². The molecule has 0 aliphatic carbocycles. The molecule has 1 aromatic carbocycles. The van der Waals surface area contributed by atoms with Crippen LogP contribution in [0.15, 0.2) is 44.6 Å². The molecule has 1 aliphatic heterocycles. The van der Waals surface area contributed by atoms with Crippen LogP contribution in [0.2, 0.25) is 0 Å². The van der Waals surface area contributed by atoms with Crippen LogP contribution in [0.1, 0.15) is 17.5 Å². The minimum Gasteiger partial charge on any atom is -0.790 e. The van der Waals surface area contributed by atoms with Crippen molar-refractivity contribution in [2.45, 2.75) is 38.0 Å². The molecule has 1 aliphatic rings. The first kappa shape index (κ1) is 37.5. The van der Waals surface area contributed by atoms with Crippen LogP contribution in [0.5, 0.6) is 0 Å². The number of aliphatic hydroxyl groups is 2. The van der Waals surface area contributed by atoms with E-state index in [9.17, 15) is 43.6 Å². The number of phosphoric acid groups is 2. The largest absolute Gasteiger partial charge is 1.00 e. The predicted octanol–water partition coefficient (Wildman–Crippen LogP) is -11.5. The Hall–Kier alpha value is 0.510. The van der Waals surface area contributed by atoms with Gasteiger partial charge in [0.25, 0.3) is 13.4 Å². The smallest absolute Gasteiger partial charge is 0.790 e. The van der Waals surface area contributed by atoms with E-state index in [0.29, 0.717) is 11.0 Å². The van der Waals surface area contributed by atoms with Crippen molar-refractivity contribution in [3.63, 3.8) is 0 Å². The summed E-state index contributed by atoms with van der Waals surface area (Å²) in [4.78, 5) is 58.0. The first-order chi connectivity index (χ1) is 16.8. The zero-order valence-corrected chi connectivity index (χ0v) is 29.0. The number of nitrogens with zero attached hydrogens (tertiary/aromatic N) is 3. The predicted molar refractivity (Wildman–Crippen MR) is 111 cm³/mol. The van der Waals surface area contributed by atoms with Gasteiger partial charge in [0.15, 0.2) is 11.8 Å². The van der Waals surface area contributed by atoms with E-state index in [-0.39, 0.29) is 101 Å². The quantitative estimate of drug-likeness (QED) is 0.177. The van der Waals surface area contributed by atoms with Crippen LogP contribution < -0.4 is 115 Å². The van der Waals surface area contributed by atoms with Gasteiger partial charge in [-0.1, -0.05) is 16.8 Å².